The molecule has 0 heterocycles. The van der Waals surface area contributed by atoms with Gasteiger partial charge in [0.2, 0.25) is 0 Å². The summed E-state index contributed by atoms with van der Waals surface area (Å²) in [5, 5.41) is 0. The first-order chi connectivity index (χ1) is 9.28. The van der Waals surface area contributed by atoms with E-state index in [-0.39, 0.29) is 0 Å². The lowest BCUT2D eigenvalue weighted by Gasteiger charge is -2.33. The summed E-state index contributed by atoms with van der Waals surface area (Å²) in [6.45, 7) is 3.61. The summed E-state index contributed by atoms with van der Waals surface area (Å²) in [4.78, 5) is 10.1. The fraction of sp³-hybridized carbons (Fsp3) is 0.941. The van der Waals surface area contributed by atoms with Gasteiger partial charge >= 0.3 is 0 Å². The van der Waals surface area contributed by atoms with Crippen LogP contribution >= 0.6 is 0 Å². The van der Waals surface area contributed by atoms with Gasteiger partial charge in [-0.05, 0) is 36.5 Å². The molecule has 0 N–H and O–H groups in total. The van der Waals surface area contributed by atoms with Gasteiger partial charge in [-0.15, -0.1) is 0 Å². The topological polar surface area (TPSA) is 26.3 Å². The summed E-state index contributed by atoms with van der Waals surface area (Å²) in [6.07, 6.45) is 14.0. The number of hydrogen-bond donors (Lipinski definition) is 0. The normalized spacial score (nSPS) is 35.8. The van der Waals surface area contributed by atoms with Crippen molar-refractivity contribution in [2.45, 2.75) is 71.1 Å². The maximum Gasteiger partial charge on any atom is 0.293 e. The van der Waals surface area contributed by atoms with Gasteiger partial charge < -0.3 is 4.74 Å². The molecule has 0 bridgehead atoms. The van der Waals surface area contributed by atoms with Crippen LogP contribution in [-0.2, 0) is 9.53 Å². The molecule has 2 fully saturated rings. The van der Waals surface area contributed by atoms with Crippen molar-refractivity contribution in [1.29, 1.82) is 0 Å². The minimum atomic E-state index is 0.579. The number of rotatable bonds is 6. The summed E-state index contributed by atoms with van der Waals surface area (Å²) in [7, 11) is 0. The Kier molecular flexibility index (Phi) is 6.19. The van der Waals surface area contributed by atoms with Crippen LogP contribution in [0.2, 0.25) is 0 Å². The van der Waals surface area contributed by atoms with Crippen molar-refractivity contribution in [3.8, 4) is 0 Å². The molecule has 0 spiro atoms. The van der Waals surface area contributed by atoms with Gasteiger partial charge in [0.05, 0.1) is 6.61 Å². The number of ether oxygens (including phenoxy) is 1. The molecule has 0 aromatic carbocycles. The van der Waals surface area contributed by atoms with E-state index in [1.54, 1.807) is 0 Å². The van der Waals surface area contributed by atoms with Crippen molar-refractivity contribution in [2.24, 2.45) is 23.7 Å². The zero-order valence-corrected chi connectivity index (χ0v) is 12.5. The number of carbonyl (C=O) groups is 1. The second-order valence-corrected chi connectivity index (χ2v) is 7.00. The van der Waals surface area contributed by atoms with Gasteiger partial charge in [0.25, 0.3) is 6.47 Å². The SMILES string of the molecule is CC1CCC(CC2CCC(CCOC=O)CC2)CC1. The summed E-state index contributed by atoms with van der Waals surface area (Å²) in [5.74, 6) is 3.80. The Labute approximate surface area is 118 Å². The molecular formula is C17H30O2. The lowest BCUT2D eigenvalue weighted by Crippen LogP contribution is -2.20. The van der Waals surface area contributed by atoms with E-state index in [4.69, 9.17) is 4.74 Å². The van der Waals surface area contributed by atoms with Gasteiger partial charge in [0, 0.05) is 0 Å². The third kappa shape index (κ3) is 5.16. The zero-order chi connectivity index (χ0) is 13.5. The molecule has 0 radical (unpaired) electrons. The van der Waals surface area contributed by atoms with Crippen LogP contribution in [0, 0.1) is 23.7 Å². The molecule has 0 amide bonds. The molecule has 2 nitrogen and oxygen atoms in total. The van der Waals surface area contributed by atoms with Gasteiger partial charge in [-0.1, -0.05) is 58.3 Å². The molecule has 110 valence electrons. The van der Waals surface area contributed by atoms with Crippen molar-refractivity contribution < 1.29 is 9.53 Å². The monoisotopic (exact) mass is 266 g/mol. The van der Waals surface area contributed by atoms with E-state index in [0.717, 1.165) is 30.1 Å². The van der Waals surface area contributed by atoms with Crippen molar-refractivity contribution in [3.63, 3.8) is 0 Å². The molecule has 2 aliphatic rings. The van der Waals surface area contributed by atoms with Gasteiger partial charge in [-0.3, -0.25) is 4.79 Å². The smallest absolute Gasteiger partial charge is 0.293 e. The molecule has 0 unspecified atom stereocenters. The predicted octanol–water partition coefficient (Wildman–Crippen LogP) is 4.57. The third-order valence-corrected chi connectivity index (χ3v) is 5.48. The molecule has 2 heteroatoms. The maximum atomic E-state index is 10.1. The van der Waals surface area contributed by atoms with E-state index < -0.39 is 0 Å². The van der Waals surface area contributed by atoms with E-state index >= 15 is 0 Å². The Morgan fingerprint density at radius 3 is 2.00 bits per heavy atom. The van der Waals surface area contributed by atoms with Crippen LogP contribution in [0.4, 0.5) is 0 Å². The fourth-order valence-corrected chi connectivity index (χ4v) is 4.07. The Hall–Kier alpha value is -0.530. The quantitative estimate of drug-likeness (QED) is 0.520. The van der Waals surface area contributed by atoms with Crippen LogP contribution in [-0.4, -0.2) is 13.1 Å². The minimum absolute atomic E-state index is 0.579. The second-order valence-electron chi connectivity index (χ2n) is 7.00. The van der Waals surface area contributed by atoms with Crippen LogP contribution in [0.3, 0.4) is 0 Å². The minimum Gasteiger partial charge on any atom is -0.468 e. The molecular weight excluding hydrogens is 236 g/mol. The van der Waals surface area contributed by atoms with Crippen LogP contribution < -0.4 is 0 Å². The highest BCUT2D eigenvalue weighted by molar-refractivity contribution is 5.36. The number of hydrogen-bond acceptors (Lipinski definition) is 2. The Morgan fingerprint density at radius 2 is 1.42 bits per heavy atom. The molecule has 2 aliphatic carbocycles. The molecule has 0 aromatic heterocycles. The summed E-state index contributed by atoms with van der Waals surface area (Å²) in [6, 6.07) is 0. The predicted molar refractivity (Wildman–Crippen MR) is 77.8 cm³/mol. The second kappa shape index (κ2) is 7.91. The van der Waals surface area contributed by atoms with Gasteiger partial charge in [-0.25, -0.2) is 0 Å². The van der Waals surface area contributed by atoms with Crippen LogP contribution in [0.15, 0.2) is 0 Å². The van der Waals surface area contributed by atoms with Crippen molar-refractivity contribution >= 4 is 6.47 Å². The average Bonchev–Trinajstić information content (AvgIpc) is 2.44. The molecule has 2 saturated carbocycles. The van der Waals surface area contributed by atoms with Crippen LogP contribution in [0.1, 0.15) is 71.1 Å². The van der Waals surface area contributed by atoms with Crippen molar-refractivity contribution in [3.05, 3.63) is 0 Å². The van der Waals surface area contributed by atoms with E-state index in [0.29, 0.717) is 13.1 Å². The standard InChI is InChI=1S/C17H30O2/c1-14-2-4-16(5-3-14)12-17-8-6-15(7-9-17)10-11-19-13-18/h13-17H,2-12H2,1H3. The van der Waals surface area contributed by atoms with E-state index in [1.807, 2.05) is 0 Å². The molecule has 0 aliphatic heterocycles. The van der Waals surface area contributed by atoms with Crippen LogP contribution in [0.25, 0.3) is 0 Å². The maximum absolute atomic E-state index is 10.1. The highest BCUT2D eigenvalue weighted by Gasteiger charge is 2.25. The largest absolute Gasteiger partial charge is 0.468 e. The van der Waals surface area contributed by atoms with Crippen molar-refractivity contribution in [1.82, 2.24) is 0 Å². The summed E-state index contributed by atoms with van der Waals surface area (Å²) in [5.41, 5.74) is 0. The first-order valence-electron chi connectivity index (χ1n) is 8.33. The lowest BCUT2D eigenvalue weighted by molar-refractivity contribution is -0.129. The van der Waals surface area contributed by atoms with Gasteiger partial charge in [0.1, 0.15) is 0 Å². The third-order valence-electron chi connectivity index (χ3n) is 5.48. The lowest BCUT2D eigenvalue weighted by atomic mass is 9.73. The van der Waals surface area contributed by atoms with E-state index in [2.05, 4.69) is 6.92 Å². The van der Waals surface area contributed by atoms with Gasteiger partial charge in [-0.2, -0.15) is 0 Å². The summed E-state index contributed by atoms with van der Waals surface area (Å²) < 4.78 is 4.81. The van der Waals surface area contributed by atoms with Crippen molar-refractivity contribution in [2.75, 3.05) is 6.61 Å². The molecule has 0 atom stereocenters. The average molecular weight is 266 g/mol. The number of carbonyl (C=O) groups excluding carboxylic acids is 1. The van der Waals surface area contributed by atoms with Crippen LogP contribution in [0.5, 0.6) is 0 Å². The summed E-state index contributed by atoms with van der Waals surface area (Å²) >= 11 is 0. The Morgan fingerprint density at radius 1 is 0.895 bits per heavy atom. The first-order valence-corrected chi connectivity index (χ1v) is 8.33. The Balaban J connectivity index is 1.59. The van der Waals surface area contributed by atoms with Gasteiger partial charge in [0.15, 0.2) is 0 Å². The Bertz CT molecular complexity index is 248. The van der Waals surface area contributed by atoms with E-state index in [1.165, 1.54) is 57.8 Å². The molecule has 2 rings (SSSR count). The molecule has 0 saturated heterocycles. The first kappa shape index (κ1) is 14.9. The fourth-order valence-electron chi connectivity index (χ4n) is 4.07. The van der Waals surface area contributed by atoms with E-state index in [9.17, 15) is 4.79 Å². The zero-order valence-electron chi connectivity index (χ0n) is 12.5. The molecule has 19 heavy (non-hydrogen) atoms. The highest BCUT2D eigenvalue weighted by Crippen LogP contribution is 2.38. The molecule has 0 aromatic rings. The highest BCUT2D eigenvalue weighted by atomic mass is 16.5.